The van der Waals surface area contributed by atoms with Crippen LogP contribution in [0.2, 0.25) is 0 Å². The molecule has 0 bridgehead atoms. The Morgan fingerprint density at radius 2 is 1.92 bits per heavy atom. The number of nitrogens with one attached hydrogen (secondary N) is 4. The smallest absolute Gasteiger partial charge is 0.550 e. The van der Waals surface area contributed by atoms with E-state index in [-0.39, 0.29) is 79.2 Å². The number of rotatable bonds is 10. The molecular weight excluding hydrogens is 506 g/mol. The molecule has 2 heterocycles. The third-order valence-corrected chi connectivity index (χ3v) is 5.10. The molecule has 15 nitrogen and oxygen atoms in total. The molecule has 2 aromatic rings. The molecular formula is C20H23CaN7O8. The van der Waals surface area contributed by atoms with Gasteiger partial charge in [-0.2, -0.15) is 4.98 Å². The average molecular weight is 530 g/mol. The number of hydrogen-bond acceptors (Lipinski definition) is 11. The van der Waals surface area contributed by atoms with E-state index in [1.54, 1.807) is 12.1 Å². The predicted octanol–water partition coefficient (Wildman–Crippen LogP) is -4.61. The third kappa shape index (κ3) is 7.55. The fourth-order valence-corrected chi connectivity index (χ4v) is 3.38. The van der Waals surface area contributed by atoms with E-state index in [0.29, 0.717) is 18.6 Å². The van der Waals surface area contributed by atoms with E-state index in [4.69, 9.17) is 5.73 Å². The molecule has 1 aromatic carbocycles. The van der Waals surface area contributed by atoms with Crippen LogP contribution in [-0.4, -0.2) is 103 Å². The molecule has 1 aliphatic heterocycles. The van der Waals surface area contributed by atoms with E-state index in [1.165, 1.54) is 17.0 Å². The number of amides is 2. The minimum Gasteiger partial charge on any atom is -0.550 e. The number of hydrogen-bond donors (Lipinski definition) is 5. The van der Waals surface area contributed by atoms with Gasteiger partial charge in [0.2, 0.25) is 12.4 Å². The Labute approximate surface area is 233 Å². The molecule has 2 amide bonds. The molecule has 0 aliphatic carbocycles. The molecule has 3 rings (SSSR count). The maximum absolute atomic E-state index is 12.3. The number of nitrogens with two attached hydrogens (primary N) is 1. The summed E-state index contributed by atoms with van der Waals surface area (Å²) >= 11 is 0. The summed E-state index contributed by atoms with van der Waals surface area (Å²) in [5.74, 6) is -3.63. The maximum Gasteiger partial charge on any atom is 2.00 e. The van der Waals surface area contributed by atoms with Crippen LogP contribution >= 0.6 is 0 Å². The van der Waals surface area contributed by atoms with Gasteiger partial charge in [-0.3, -0.25) is 19.4 Å². The van der Waals surface area contributed by atoms with Crippen molar-refractivity contribution in [2.45, 2.75) is 24.9 Å². The largest absolute Gasteiger partial charge is 2.00 e. The molecule has 0 saturated carbocycles. The number of fused-ring (bicyclic) bond motifs is 1. The van der Waals surface area contributed by atoms with Crippen molar-refractivity contribution in [3.8, 4) is 0 Å². The van der Waals surface area contributed by atoms with Crippen molar-refractivity contribution in [3.05, 3.63) is 40.2 Å². The van der Waals surface area contributed by atoms with Crippen molar-refractivity contribution < 1.29 is 34.9 Å². The van der Waals surface area contributed by atoms with Crippen LogP contribution in [0, 0.1) is 0 Å². The summed E-state index contributed by atoms with van der Waals surface area (Å²) in [6.07, 6.45) is -0.386. The first-order valence-corrected chi connectivity index (χ1v) is 10.1. The van der Waals surface area contributed by atoms with Gasteiger partial charge in [-0.25, -0.2) is 0 Å². The monoisotopic (exact) mass is 529 g/mol. The van der Waals surface area contributed by atoms with Crippen LogP contribution in [0.15, 0.2) is 29.1 Å². The summed E-state index contributed by atoms with van der Waals surface area (Å²) < 4.78 is 0. The molecule has 36 heavy (non-hydrogen) atoms. The second-order valence-corrected chi connectivity index (χ2v) is 7.41. The summed E-state index contributed by atoms with van der Waals surface area (Å²) in [5, 5.41) is 29.9. The van der Waals surface area contributed by atoms with Gasteiger partial charge in [0.1, 0.15) is 0 Å². The predicted molar refractivity (Wildman–Crippen MR) is 125 cm³/mol. The topological polar surface area (TPSA) is 257 Å². The summed E-state index contributed by atoms with van der Waals surface area (Å²) in [7, 11) is 0. The van der Waals surface area contributed by atoms with Crippen molar-refractivity contribution in [1.29, 1.82) is 0 Å². The van der Waals surface area contributed by atoms with Crippen LogP contribution in [0.1, 0.15) is 23.2 Å². The number of anilines is 4. The number of carboxylic acid groups (broad SMARTS) is 2. The quantitative estimate of drug-likeness (QED) is 0.144. The molecule has 1 unspecified atom stereocenters. The molecule has 16 heteroatoms. The van der Waals surface area contributed by atoms with Gasteiger partial charge in [-0.15, -0.1) is 0 Å². The van der Waals surface area contributed by atoms with E-state index in [1.807, 2.05) is 0 Å². The van der Waals surface area contributed by atoms with E-state index in [9.17, 15) is 34.2 Å². The van der Waals surface area contributed by atoms with E-state index in [0.717, 1.165) is 0 Å². The number of aromatic amines is 1. The normalized spacial score (nSPS) is 14.6. The Hall–Kier alpha value is -3.40. The Morgan fingerprint density at radius 3 is 2.50 bits per heavy atom. The van der Waals surface area contributed by atoms with Crippen molar-refractivity contribution in [3.63, 3.8) is 0 Å². The number of benzene rings is 1. The third-order valence-electron chi connectivity index (χ3n) is 5.10. The minimum absolute atomic E-state index is 0. The molecule has 2 atom stereocenters. The minimum atomic E-state index is -1.60. The van der Waals surface area contributed by atoms with Gasteiger partial charge in [-0.05, 0) is 37.1 Å². The number of H-pyrrole nitrogens is 1. The first-order valence-electron chi connectivity index (χ1n) is 10.1. The van der Waals surface area contributed by atoms with Crippen LogP contribution in [0.3, 0.4) is 0 Å². The number of carbonyl (C=O) groups excluding carboxylic acids is 4. The number of aliphatic carboxylic acids is 2. The Kier molecular flexibility index (Phi) is 11.6. The summed E-state index contributed by atoms with van der Waals surface area (Å²) in [5.41, 5.74) is 5.75. The van der Waals surface area contributed by atoms with Crippen molar-refractivity contribution in [1.82, 2.24) is 15.3 Å². The molecule has 0 saturated heterocycles. The Morgan fingerprint density at radius 1 is 1.25 bits per heavy atom. The van der Waals surface area contributed by atoms with E-state index >= 15 is 0 Å². The van der Waals surface area contributed by atoms with Crippen LogP contribution in [0.4, 0.5) is 23.1 Å². The zero-order valence-corrected chi connectivity index (χ0v) is 21.1. The number of nitrogen functional groups attached to an aromatic ring is 1. The number of aromatic nitrogens is 2. The van der Waals surface area contributed by atoms with Crippen LogP contribution in [0.5, 0.6) is 0 Å². The number of nitrogens with zero attached hydrogens (tertiary/aromatic N) is 2. The van der Waals surface area contributed by atoms with Gasteiger partial charge >= 0.3 is 37.7 Å². The Balaban J connectivity index is 0.00000324. The molecule has 1 aromatic heterocycles. The van der Waals surface area contributed by atoms with Crippen LogP contribution < -0.4 is 42.4 Å². The zero-order chi connectivity index (χ0) is 24.8. The van der Waals surface area contributed by atoms with Crippen molar-refractivity contribution >= 4 is 85.1 Å². The number of carbonyl (C=O) groups is 4. The zero-order valence-electron chi connectivity index (χ0n) is 18.9. The van der Waals surface area contributed by atoms with Crippen molar-refractivity contribution in [2.24, 2.45) is 0 Å². The van der Waals surface area contributed by atoms with E-state index < -0.39 is 41.9 Å². The summed E-state index contributed by atoms with van der Waals surface area (Å²) in [6, 6.07) is 4.08. The molecule has 8 N–H and O–H groups in total. The number of carboxylic acids is 2. The second kappa shape index (κ2) is 13.6. The van der Waals surface area contributed by atoms with E-state index in [2.05, 4.69) is 25.9 Å². The van der Waals surface area contributed by atoms with Gasteiger partial charge < -0.3 is 51.9 Å². The average Bonchev–Trinajstić information content (AvgIpc) is 2.79. The van der Waals surface area contributed by atoms with Gasteiger partial charge in [0.25, 0.3) is 11.5 Å². The Bertz CT molecular complexity index is 1160. The fraction of sp³-hybridized carbons (Fsp3) is 0.300. The van der Waals surface area contributed by atoms with Crippen molar-refractivity contribution in [2.75, 3.05) is 34.4 Å². The first kappa shape index (κ1) is 30.6. The summed E-state index contributed by atoms with van der Waals surface area (Å²) in [6.45, 7) is 0.544. The second-order valence-electron chi connectivity index (χ2n) is 7.41. The molecule has 1 aliphatic rings. The maximum atomic E-state index is 12.3. The molecule has 188 valence electrons. The fourth-order valence-electron chi connectivity index (χ4n) is 3.38. The standard InChI is InChI=1S/C20H23N7O7.Ca.H2O/c21-20-25-16-15(18(32)26-20)27(9-28)12(8-23-16)7-22-11-3-1-10(2-4-11)17(31)24-13(19(33)34)5-6-14(29)30;;/h1-4,9,12-13,22H,5-8H2,(H,24,31)(H,29,30)(H,33,34)(H4,21,23,25,26,32);;1H2/q;+2;/p-2/t12?,13-;;/m0../s1. The van der Waals surface area contributed by atoms with Crippen LogP contribution in [0.25, 0.3) is 0 Å². The molecule has 0 spiro atoms. The van der Waals surface area contributed by atoms with Gasteiger partial charge in [0.15, 0.2) is 11.5 Å². The molecule has 0 fully saturated rings. The van der Waals surface area contributed by atoms with Gasteiger partial charge in [0.05, 0.1) is 18.1 Å². The molecule has 0 radical (unpaired) electrons. The van der Waals surface area contributed by atoms with Gasteiger partial charge in [0, 0.05) is 30.3 Å². The first-order chi connectivity index (χ1) is 16.2. The van der Waals surface area contributed by atoms with Gasteiger partial charge in [-0.1, -0.05) is 0 Å². The van der Waals surface area contributed by atoms with Crippen LogP contribution in [-0.2, 0) is 14.4 Å². The summed E-state index contributed by atoms with van der Waals surface area (Å²) in [4.78, 5) is 65.4. The SMILES string of the molecule is Nc1nc2c(c(=O)[nH]1)N(C=O)C(CNc1ccc(C(=O)N[C@@H](CCC(=O)[O-])C(=O)[O-])cc1)CN2.O.[Ca+2].